The van der Waals surface area contributed by atoms with Gasteiger partial charge in [-0.25, -0.2) is 0 Å². The van der Waals surface area contributed by atoms with Gasteiger partial charge in [0.2, 0.25) is 5.79 Å². The lowest BCUT2D eigenvalue weighted by molar-refractivity contribution is -0.201. The molecule has 0 bridgehead atoms. The van der Waals surface area contributed by atoms with Crippen LogP contribution >= 0.6 is 0 Å². The second kappa shape index (κ2) is 3.39. The Morgan fingerprint density at radius 2 is 1.79 bits per heavy atom. The second-order valence-corrected chi connectivity index (χ2v) is 3.35. The van der Waals surface area contributed by atoms with E-state index in [0.717, 1.165) is 0 Å². The topological polar surface area (TPSA) is 90.3 Å². The highest BCUT2D eigenvalue weighted by molar-refractivity contribution is 5.27. The van der Waals surface area contributed by atoms with Crippen LogP contribution in [-0.4, -0.2) is 15.8 Å². The monoisotopic (exact) mass is 192 g/mol. The molecule has 4 heteroatoms. The van der Waals surface area contributed by atoms with Gasteiger partial charge in [-0.05, 0) is 6.92 Å². The van der Waals surface area contributed by atoms with E-state index in [1.165, 1.54) is 19.1 Å². The molecule has 0 saturated heterocycles. The zero-order valence-electron chi connectivity index (χ0n) is 7.81. The van der Waals surface area contributed by atoms with Crippen LogP contribution < -0.4 is 5.73 Å². The number of benzene rings is 1. The largest absolute Gasteiger partial charge is 0.360 e. The Hall–Kier alpha value is -1.41. The summed E-state index contributed by atoms with van der Waals surface area (Å²) in [5, 5.41) is 28.1. The SMILES string of the molecule is CC(N)(C#N)C(O)(O)c1ccccc1. The van der Waals surface area contributed by atoms with Crippen LogP contribution in [0.15, 0.2) is 30.3 Å². The summed E-state index contributed by atoms with van der Waals surface area (Å²) in [6.45, 7) is 1.26. The summed E-state index contributed by atoms with van der Waals surface area (Å²) in [6.07, 6.45) is 0. The standard InChI is InChI=1S/C10H12N2O2/c1-9(12,7-11)10(13,14)8-5-3-2-4-6-8/h2-6,13-14H,12H2,1H3. The van der Waals surface area contributed by atoms with Crippen molar-refractivity contribution in [2.24, 2.45) is 5.73 Å². The predicted molar refractivity (Wildman–Crippen MR) is 50.8 cm³/mol. The molecule has 0 aliphatic heterocycles. The maximum Gasteiger partial charge on any atom is 0.222 e. The highest BCUT2D eigenvalue weighted by Gasteiger charge is 2.44. The van der Waals surface area contributed by atoms with Crippen LogP contribution in [0, 0.1) is 11.3 Å². The lowest BCUT2D eigenvalue weighted by atomic mass is 9.88. The summed E-state index contributed by atoms with van der Waals surface area (Å²) < 4.78 is 0. The number of rotatable bonds is 2. The van der Waals surface area contributed by atoms with Crippen LogP contribution in [0.25, 0.3) is 0 Å². The van der Waals surface area contributed by atoms with E-state index in [2.05, 4.69) is 0 Å². The third-order valence-electron chi connectivity index (χ3n) is 2.13. The van der Waals surface area contributed by atoms with Crippen LogP contribution in [0.3, 0.4) is 0 Å². The summed E-state index contributed by atoms with van der Waals surface area (Å²) in [6, 6.07) is 9.68. The number of nitrogens with zero attached hydrogens (tertiary/aromatic N) is 1. The molecule has 4 N–H and O–H groups in total. The maximum atomic E-state index is 9.72. The first kappa shape index (κ1) is 10.7. The summed E-state index contributed by atoms with van der Waals surface area (Å²) >= 11 is 0. The molecule has 0 amide bonds. The van der Waals surface area contributed by atoms with Crippen LogP contribution in [0.2, 0.25) is 0 Å². The number of aliphatic hydroxyl groups is 2. The Labute approximate surface area is 82.2 Å². The number of hydrogen-bond acceptors (Lipinski definition) is 4. The molecule has 4 nitrogen and oxygen atoms in total. The first-order valence-electron chi connectivity index (χ1n) is 4.12. The molecule has 0 aliphatic carbocycles. The van der Waals surface area contributed by atoms with E-state index in [9.17, 15) is 10.2 Å². The molecule has 1 rings (SSSR count). The highest BCUT2D eigenvalue weighted by Crippen LogP contribution is 2.27. The maximum absolute atomic E-state index is 9.72. The van der Waals surface area contributed by atoms with E-state index in [1.54, 1.807) is 24.3 Å². The Morgan fingerprint density at radius 3 is 2.21 bits per heavy atom. The average Bonchev–Trinajstić information content (AvgIpc) is 2.19. The molecule has 0 fully saturated rings. The van der Waals surface area contributed by atoms with E-state index in [-0.39, 0.29) is 5.56 Å². The van der Waals surface area contributed by atoms with Crippen LogP contribution in [0.5, 0.6) is 0 Å². The normalized spacial score (nSPS) is 15.6. The Bertz CT molecular complexity index is 352. The molecule has 0 heterocycles. The third kappa shape index (κ3) is 1.61. The van der Waals surface area contributed by atoms with Crippen molar-refractivity contribution >= 4 is 0 Å². The first-order valence-corrected chi connectivity index (χ1v) is 4.12. The predicted octanol–water partition coefficient (Wildman–Crippen LogP) is 0.0650. The quantitative estimate of drug-likeness (QED) is 0.578. The van der Waals surface area contributed by atoms with Gasteiger partial charge in [-0.3, -0.25) is 0 Å². The van der Waals surface area contributed by atoms with Crippen molar-refractivity contribution in [2.75, 3.05) is 0 Å². The molecular formula is C10H12N2O2. The number of nitriles is 1. The smallest absolute Gasteiger partial charge is 0.222 e. The zero-order valence-corrected chi connectivity index (χ0v) is 7.81. The van der Waals surface area contributed by atoms with E-state index >= 15 is 0 Å². The van der Waals surface area contributed by atoms with Crippen LogP contribution in [-0.2, 0) is 5.79 Å². The minimum atomic E-state index is -2.34. The minimum absolute atomic E-state index is 0.201. The Morgan fingerprint density at radius 1 is 1.29 bits per heavy atom. The average molecular weight is 192 g/mol. The summed E-state index contributed by atoms with van der Waals surface area (Å²) in [4.78, 5) is 0. The molecule has 0 saturated carbocycles. The molecule has 0 radical (unpaired) electrons. The molecule has 74 valence electrons. The fourth-order valence-electron chi connectivity index (χ4n) is 1.05. The molecule has 1 aromatic rings. The van der Waals surface area contributed by atoms with Gasteiger partial charge in [0.05, 0.1) is 6.07 Å². The minimum Gasteiger partial charge on any atom is -0.360 e. The van der Waals surface area contributed by atoms with E-state index in [1.807, 2.05) is 0 Å². The van der Waals surface area contributed by atoms with Crippen LogP contribution in [0.4, 0.5) is 0 Å². The van der Waals surface area contributed by atoms with Crippen molar-refractivity contribution in [3.05, 3.63) is 35.9 Å². The lowest BCUT2D eigenvalue weighted by Crippen LogP contribution is -2.55. The fraction of sp³-hybridized carbons (Fsp3) is 0.300. The van der Waals surface area contributed by atoms with Gasteiger partial charge >= 0.3 is 0 Å². The van der Waals surface area contributed by atoms with Gasteiger partial charge in [0.25, 0.3) is 0 Å². The van der Waals surface area contributed by atoms with Gasteiger partial charge in [0.1, 0.15) is 0 Å². The Kier molecular flexibility index (Phi) is 2.58. The Balaban J connectivity index is 3.16. The second-order valence-electron chi connectivity index (χ2n) is 3.35. The van der Waals surface area contributed by atoms with Crippen molar-refractivity contribution in [1.29, 1.82) is 5.26 Å². The fourth-order valence-corrected chi connectivity index (χ4v) is 1.05. The van der Waals surface area contributed by atoms with Crippen molar-refractivity contribution in [3.63, 3.8) is 0 Å². The van der Waals surface area contributed by atoms with E-state index in [4.69, 9.17) is 11.0 Å². The molecule has 1 unspecified atom stereocenters. The van der Waals surface area contributed by atoms with Gasteiger partial charge in [0, 0.05) is 5.56 Å². The third-order valence-corrected chi connectivity index (χ3v) is 2.13. The van der Waals surface area contributed by atoms with Crippen molar-refractivity contribution in [2.45, 2.75) is 18.2 Å². The van der Waals surface area contributed by atoms with Gasteiger partial charge in [-0.1, -0.05) is 30.3 Å². The lowest BCUT2D eigenvalue weighted by Gasteiger charge is -2.32. The number of hydrogen-bond donors (Lipinski definition) is 3. The molecule has 0 aromatic heterocycles. The van der Waals surface area contributed by atoms with Gasteiger partial charge in [-0.15, -0.1) is 0 Å². The first-order chi connectivity index (χ1) is 6.42. The molecular weight excluding hydrogens is 180 g/mol. The van der Waals surface area contributed by atoms with E-state index in [0.29, 0.717) is 0 Å². The summed E-state index contributed by atoms with van der Waals surface area (Å²) in [7, 11) is 0. The van der Waals surface area contributed by atoms with Gasteiger partial charge < -0.3 is 15.9 Å². The van der Waals surface area contributed by atoms with Crippen molar-refractivity contribution < 1.29 is 10.2 Å². The molecule has 1 aromatic carbocycles. The zero-order chi connectivity index (χ0) is 10.8. The van der Waals surface area contributed by atoms with Gasteiger partial charge in [0.15, 0.2) is 5.54 Å². The molecule has 0 spiro atoms. The van der Waals surface area contributed by atoms with Crippen molar-refractivity contribution in [3.8, 4) is 6.07 Å². The molecule has 1 atom stereocenters. The van der Waals surface area contributed by atoms with Gasteiger partial charge in [-0.2, -0.15) is 5.26 Å². The number of nitrogens with two attached hydrogens (primary N) is 1. The van der Waals surface area contributed by atoms with E-state index < -0.39 is 11.3 Å². The molecule has 14 heavy (non-hydrogen) atoms. The highest BCUT2D eigenvalue weighted by atomic mass is 16.5. The summed E-state index contributed by atoms with van der Waals surface area (Å²) in [5.41, 5.74) is 3.92. The molecule has 0 aliphatic rings. The summed E-state index contributed by atoms with van der Waals surface area (Å²) in [5.74, 6) is -2.34. The van der Waals surface area contributed by atoms with Crippen molar-refractivity contribution in [1.82, 2.24) is 0 Å². The van der Waals surface area contributed by atoms with Crippen LogP contribution in [0.1, 0.15) is 12.5 Å².